The van der Waals surface area contributed by atoms with Crippen LogP contribution < -0.4 is 0 Å². The molecule has 6 radical (unpaired) electrons. The third-order valence-corrected chi connectivity index (χ3v) is 4.19. The van der Waals surface area contributed by atoms with Crippen molar-refractivity contribution < 1.29 is 0 Å². The van der Waals surface area contributed by atoms with Gasteiger partial charge in [0.05, 0.1) is 0 Å². The predicted molar refractivity (Wildman–Crippen MR) is 85.1 cm³/mol. The molecule has 0 saturated heterocycles. The van der Waals surface area contributed by atoms with Gasteiger partial charge in [0.25, 0.3) is 0 Å². The minimum Gasteiger partial charge on any atom is -0.0883 e. The average Bonchev–Trinajstić information content (AvgIpc) is 2.50. The molecular weight excluding hydrogens is 240 g/mol. The van der Waals surface area contributed by atoms with Crippen molar-refractivity contribution in [2.24, 2.45) is 5.92 Å². The Balaban J connectivity index is 1.50. The summed E-state index contributed by atoms with van der Waals surface area (Å²) in [4.78, 5) is 0. The maximum atomic E-state index is 2.40. The number of hydrogen-bond donors (Lipinski definition) is 0. The van der Waals surface area contributed by atoms with Gasteiger partial charge in [0.15, 0.2) is 0 Å². The maximum Gasteiger partial charge on any atom is 0.0124 e. The Morgan fingerprint density at radius 1 is 1.00 bits per heavy atom. The van der Waals surface area contributed by atoms with Crippen LogP contribution in [0, 0.1) is 50.4 Å². The van der Waals surface area contributed by atoms with Crippen molar-refractivity contribution in [2.75, 3.05) is 0 Å². The normalized spacial score (nSPS) is 24.9. The molecule has 0 N–H and O–H groups in total. The molecule has 102 valence electrons. The van der Waals surface area contributed by atoms with Crippen molar-refractivity contribution >= 4 is 0 Å². The van der Waals surface area contributed by atoms with Crippen molar-refractivity contribution in [3.05, 3.63) is 85.1 Å². The maximum absolute atomic E-state index is 2.40. The van der Waals surface area contributed by atoms with E-state index in [-0.39, 0.29) is 0 Å². The van der Waals surface area contributed by atoms with E-state index in [4.69, 9.17) is 0 Å². The van der Waals surface area contributed by atoms with E-state index in [0.29, 0.717) is 0 Å². The lowest BCUT2D eigenvalue weighted by atomic mass is 9.74. The first kappa shape index (κ1) is 13.9. The number of benzene rings is 1. The van der Waals surface area contributed by atoms with Crippen molar-refractivity contribution in [1.29, 1.82) is 0 Å². The van der Waals surface area contributed by atoms with Gasteiger partial charge < -0.3 is 0 Å². The molecule has 1 saturated carbocycles. The number of aryl methyl sites for hydroxylation is 1. The third-order valence-electron chi connectivity index (χ3n) is 4.19. The van der Waals surface area contributed by atoms with Crippen LogP contribution in [0.25, 0.3) is 0 Å². The molecule has 0 nitrogen and oxygen atoms in total. The standard InChI is InChI=1S/C20H22/c1-16-7-11-19(12-8-16)20-13-9-18(10-14-20)15-17-5-3-2-4-6-17/h3,5,7-14,17H,2,4,6,15H2,1H3. The van der Waals surface area contributed by atoms with Crippen LogP contribution in [0.4, 0.5) is 0 Å². The quantitative estimate of drug-likeness (QED) is 0.667. The van der Waals surface area contributed by atoms with E-state index in [1.807, 2.05) is 0 Å². The molecule has 1 aromatic rings. The second-order valence-electron chi connectivity index (χ2n) is 5.89. The topological polar surface area (TPSA) is 0 Å². The van der Waals surface area contributed by atoms with Crippen LogP contribution in [0.3, 0.4) is 0 Å². The molecule has 1 aromatic carbocycles. The molecule has 0 spiro atoms. The molecule has 0 aromatic heterocycles. The van der Waals surface area contributed by atoms with Gasteiger partial charge in [-0.3, -0.25) is 0 Å². The van der Waals surface area contributed by atoms with Crippen LogP contribution in [0.1, 0.15) is 36.8 Å². The first-order valence-electron chi connectivity index (χ1n) is 7.64. The van der Waals surface area contributed by atoms with E-state index in [1.165, 1.54) is 48.6 Å². The number of allylic oxidation sites excluding steroid dienone is 2. The SMILES string of the molecule is Cc1ccc([C]2[CH][CH][C](CC3C=CCCC3)[CH][CH]2)cc1. The molecule has 0 amide bonds. The molecule has 0 heteroatoms. The molecule has 2 aliphatic carbocycles. The highest BCUT2D eigenvalue weighted by Gasteiger charge is 2.26. The number of rotatable bonds is 3. The summed E-state index contributed by atoms with van der Waals surface area (Å²) >= 11 is 0. The molecular formula is C20H22. The van der Waals surface area contributed by atoms with Crippen molar-refractivity contribution in [2.45, 2.75) is 32.6 Å². The van der Waals surface area contributed by atoms with Gasteiger partial charge in [0.1, 0.15) is 0 Å². The third kappa shape index (κ3) is 3.53. The molecule has 1 atom stereocenters. The predicted octanol–water partition coefficient (Wildman–Crippen LogP) is 5.07. The van der Waals surface area contributed by atoms with Gasteiger partial charge >= 0.3 is 0 Å². The van der Waals surface area contributed by atoms with E-state index >= 15 is 0 Å². The molecule has 2 aliphatic rings. The zero-order chi connectivity index (χ0) is 13.8. The molecule has 3 rings (SSSR count). The van der Waals surface area contributed by atoms with Crippen molar-refractivity contribution in [3.8, 4) is 0 Å². The van der Waals surface area contributed by atoms with Gasteiger partial charge in [-0.2, -0.15) is 0 Å². The molecule has 20 heavy (non-hydrogen) atoms. The van der Waals surface area contributed by atoms with Crippen molar-refractivity contribution in [1.82, 2.24) is 0 Å². The second kappa shape index (κ2) is 6.61. The highest BCUT2D eigenvalue weighted by molar-refractivity contribution is 5.51. The molecule has 0 heterocycles. The molecule has 1 fully saturated rings. The first-order chi connectivity index (χ1) is 9.81. The highest BCUT2D eigenvalue weighted by atomic mass is 14.3. The van der Waals surface area contributed by atoms with E-state index < -0.39 is 0 Å². The Morgan fingerprint density at radius 2 is 1.75 bits per heavy atom. The fourth-order valence-electron chi connectivity index (χ4n) is 2.93. The van der Waals surface area contributed by atoms with Crippen LogP contribution >= 0.6 is 0 Å². The fraction of sp³-hybridized carbons (Fsp3) is 0.300. The Morgan fingerprint density at radius 3 is 2.40 bits per heavy atom. The lowest BCUT2D eigenvalue weighted by Crippen LogP contribution is -2.18. The van der Waals surface area contributed by atoms with Crippen LogP contribution in [-0.2, 0) is 0 Å². The van der Waals surface area contributed by atoms with Gasteiger partial charge in [-0.25, -0.2) is 0 Å². The van der Waals surface area contributed by atoms with Gasteiger partial charge in [-0.15, -0.1) is 0 Å². The van der Waals surface area contributed by atoms with Crippen LogP contribution in [0.15, 0.2) is 36.4 Å². The minimum absolute atomic E-state index is 0.744. The fourth-order valence-corrected chi connectivity index (χ4v) is 2.93. The van der Waals surface area contributed by atoms with E-state index in [2.05, 4.69) is 69.0 Å². The summed E-state index contributed by atoms with van der Waals surface area (Å²) in [6.45, 7) is 2.13. The Kier molecular flexibility index (Phi) is 4.60. The summed E-state index contributed by atoms with van der Waals surface area (Å²) in [5, 5.41) is 0. The van der Waals surface area contributed by atoms with Crippen LogP contribution in [-0.4, -0.2) is 0 Å². The second-order valence-corrected chi connectivity index (χ2v) is 5.89. The molecule has 1 unspecified atom stereocenters. The van der Waals surface area contributed by atoms with E-state index in [1.54, 1.807) is 0 Å². The van der Waals surface area contributed by atoms with Gasteiger partial charge in [-0.1, -0.05) is 42.0 Å². The summed E-state index contributed by atoms with van der Waals surface area (Å²) in [6, 6.07) is 8.76. The lowest BCUT2D eigenvalue weighted by molar-refractivity contribution is 0.519. The van der Waals surface area contributed by atoms with Crippen LogP contribution in [0.5, 0.6) is 0 Å². The average molecular weight is 262 g/mol. The summed E-state index contributed by atoms with van der Waals surface area (Å²) in [7, 11) is 0. The lowest BCUT2D eigenvalue weighted by Gasteiger charge is -2.29. The largest absolute Gasteiger partial charge is 0.0883 e. The van der Waals surface area contributed by atoms with Gasteiger partial charge in [0, 0.05) is 5.92 Å². The highest BCUT2D eigenvalue weighted by Crippen LogP contribution is 2.37. The Hall–Kier alpha value is -1.04. The Labute approximate surface area is 124 Å². The number of hydrogen-bond acceptors (Lipinski definition) is 0. The van der Waals surface area contributed by atoms with E-state index in [0.717, 1.165) is 5.92 Å². The monoisotopic (exact) mass is 262 g/mol. The van der Waals surface area contributed by atoms with E-state index in [9.17, 15) is 0 Å². The molecule has 0 bridgehead atoms. The summed E-state index contributed by atoms with van der Waals surface area (Å²) in [5.41, 5.74) is 2.62. The van der Waals surface area contributed by atoms with Gasteiger partial charge in [-0.05, 0) is 75.7 Å². The zero-order valence-electron chi connectivity index (χ0n) is 12.2. The minimum atomic E-state index is 0.744. The first-order valence-corrected chi connectivity index (χ1v) is 7.64. The van der Waals surface area contributed by atoms with Crippen molar-refractivity contribution in [3.63, 3.8) is 0 Å². The van der Waals surface area contributed by atoms with Crippen LogP contribution in [0.2, 0.25) is 0 Å². The summed E-state index contributed by atoms with van der Waals surface area (Å²) in [6.07, 6.45) is 19.0. The molecule has 0 aliphatic heterocycles. The smallest absolute Gasteiger partial charge is 0.0124 e. The zero-order valence-corrected chi connectivity index (χ0v) is 12.2. The van der Waals surface area contributed by atoms with Gasteiger partial charge in [0.2, 0.25) is 0 Å². The Bertz CT molecular complexity index is 432. The summed E-state index contributed by atoms with van der Waals surface area (Å²) in [5.74, 6) is 3.51. The summed E-state index contributed by atoms with van der Waals surface area (Å²) < 4.78 is 0.